The van der Waals surface area contributed by atoms with Crippen LogP contribution in [0.1, 0.15) is 22.3 Å². The molecule has 0 unspecified atom stereocenters. The van der Waals surface area contributed by atoms with Crippen molar-refractivity contribution in [1.82, 2.24) is 0 Å². The van der Waals surface area contributed by atoms with E-state index in [0.717, 1.165) is 39.0 Å². The lowest BCUT2D eigenvalue weighted by atomic mass is 9.69. The Balaban J connectivity index is 1.12. The zero-order valence-corrected chi connectivity index (χ0v) is 29.9. The number of fused-ring (bicyclic) bond motifs is 15. The van der Waals surface area contributed by atoms with E-state index < -0.39 is 5.41 Å². The molecule has 55 heavy (non-hydrogen) atoms. The second-order valence-electron chi connectivity index (χ2n) is 14.8. The number of hydrogen-bond acceptors (Lipinski definition) is 2. The van der Waals surface area contributed by atoms with Crippen LogP contribution in [0.25, 0.3) is 66.1 Å². The Hall–Kier alpha value is -7.16. The summed E-state index contributed by atoms with van der Waals surface area (Å²) < 4.78 is 6.46. The van der Waals surface area contributed by atoms with Crippen molar-refractivity contribution >= 4 is 49.8 Å². The van der Waals surface area contributed by atoms with Crippen molar-refractivity contribution in [3.8, 4) is 33.4 Å². The Bertz CT molecular complexity index is 3110. The van der Waals surface area contributed by atoms with Gasteiger partial charge in [-0.3, -0.25) is 0 Å². The molecule has 0 saturated carbocycles. The first kappa shape index (κ1) is 30.3. The third-order valence-electron chi connectivity index (χ3n) is 12.1. The predicted octanol–water partition coefficient (Wildman–Crippen LogP) is 14.2. The minimum atomic E-state index is -0.438. The van der Waals surface area contributed by atoms with Gasteiger partial charge in [-0.1, -0.05) is 152 Å². The molecule has 10 aromatic rings. The quantitative estimate of drug-likeness (QED) is 0.182. The number of furan rings is 1. The minimum absolute atomic E-state index is 0.438. The van der Waals surface area contributed by atoms with Crippen LogP contribution in [0.15, 0.2) is 205 Å². The Morgan fingerprint density at radius 1 is 0.345 bits per heavy atom. The standard InChI is InChI=1S/C53H33NO/c1-2-12-34(13-3-1)35-22-25-37(26-23-35)54(39-27-30-44-43-18-8-11-21-50(43)55-51(44)33-39)38-28-31-49-46(32-38)45-29-24-36-14-4-5-15-40(36)52(45)53(49)47-19-9-6-16-41(47)42-17-7-10-20-48(42)53/h1-33H. The minimum Gasteiger partial charge on any atom is -0.456 e. The zero-order chi connectivity index (χ0) is 36.1. The summed E-state index contributed by atoms with van der Waals surface area (Å²) in [6, 6.07) is 73.2. The van der Waals surface area contributed by atoms with E-state index in [1.54, 1.807) is 0 Å². The normalized spacial score (nSPS) is 13.2. The molecule has 0 fully saturated rings. The summed E-state index contributed by atoms with van der Waals surface area (Å²) >= 11 is 0. The number of rotatable bonds is 4. The average Bonchev–Trinajstić information content (AvgIpc) is 3.88. The van der Waals surface area contributed by atoms with Gasteiger partial charge in [0.1, 0.15) is 11.2 Å². The molecule has 1 spiro atoms. The van der Waals surface area contributed by atoms with Crippen LogP contribution in [0, 0.1) is 0 Å². The molecule has 2 heteroatoms. The molecule has 2 aliphatic carbocycles. The summed E-state index contributed by atoms with van der Waals surface area (Å²) in [6.07, 6.45) is 0. The average molecular weight is 700 g/mol. The van der Waals surface area contributed by atoms with Crippen LogP contribution in [0.3, 0.4) is 0 Å². The van der Waals surface area contributed by atoms with E-state index in [-0.39, 0.29) is 0 Å². The van der Waals surface area contributed by atoms with Crippen LogP contribution in [0.2, 0.25) is 0 Å². The van der Waals surface area contributed by atoms with E-state index >= 15 is 0 Å². The number of para-hydroxylation sites is 1. The van der Waals surface area contributed by atoms with Crippen LogP contribution in [0.5, 0.6) is 0 Å². The maximum atomic E-state index is 6.46. The van der Waals surface area contributed by atoms with Gasteiger partial charge in [-0.2, -0.15) is 0 Å². The molecule has 0 bridgehead atoms. The van der Waals surface area contributed by atoms with Gasteiger partial charge in [0.2, 0.25) is 0 Å². The first-order valence-corrected chi connectivity index (χ1v) is 19.0. The van der Waals surface area contributed by atoms with Gasteiger partial charge in [0.05, 0.1) is 5.41 Å². The zero-order valence-electron chi connectivity index (χ0n) is 29.9. The first-order valence-electron chi connectivity index (χ1n) is 19.0. The number of nitrogens with zero attached hydrogens (tertiary/aromatic N) is 1. The lowest BCUT2D eigenvalue weighted by Crippen LogP contribution is -2.26. The fourth-order valence-electron chi connectivity index (χ4n) is 9.78. The predicted molar refractivity (Wildman–Crippen MR) is 228 cm³/mol. The van der Waals surface area contributed by atoms with Crippen molar-refractivity contribution in [3.63, 3.8) is 0 Å². The van der Waals surface area contributed by atoms with Gasteiger partial charge in [-0.25, -0.2) is 0 Å². The molecule has 256 valence electrons. The fraction of sp³-hybridized carbons (Fsp3) is 0.0189. The third-order valence-corrected chi connectivity index (χ3v) is 12.1. The molecule has 1 aromatic heterocycles. The largest absolute Gasteiger partial charge is 0.456 e. The van der Waals surface area contributed by atoms with Gasteiger partial charge in [-0.15, -0.1) is 0 Å². The lowest BCUT2D eigenvalue weighted by Gasteiger charge is -2.32. The molecule has 2 aliphatic rings. The maximum absolute atomic E-state index is 6.46. The van der Waals surface area contributed by atoms with Crippen molar-refractivity contribution in [3.05, 3.63) is 222 Å². The van der Waals surface area contributed by atoms with E-state index in [4.69, 9.17) is 4.42 Å². The van der Waals surface area contributed by atoms with Crippen LogP contribution >= 0.6 is 0 Å². The maximum Gasteiger partial charge on any atom is 0.137 e. The Morgan fingerprint density at radius 2 is 0.927 bits per heavy atom. The fourth-order valence-corrected chi connectivity index (χ4v) is 9.78. The summed E-state index contributed by atoms with van der Waals surface area (Å²) in [7, 11) is 0. The van der Waals surface area contributed by atoms with E-state index in [1.807, 2.05) is 12.1 Å². The van der Waals surface area contributed by atoms with Crippen molar-refractivity contribution in [2.45, 2.75) is 5.41 Å². The summed E-state index contributed by atoms with van der Waals surface area (Å²) in [5.74, 6) is 0. The van der Waals surface area contributed by atoms with E-state index in [2.05, 4.69) is 193 Å². The van der Waals surface area contributed by atoms with Crippen molar-refractivity contribution in [2.24, 2.45) is 0 Å². The third kappa shape index (κ3) is 4.19. The number of hydrogen-bond donors (Lipinski definition) is 0. The van der Waals surface area contributed by atoms with Crippen molar-refractivity contribution in [2.75, 3.05) is 4.90 Å². The molecule has 12 rings (SSSR count). The smallest absolute Gasteiger partial charge is 0.137 e. The highest BCUT2D eigenvalue weighted by Gasteiger charge is 2.52. The van der Waals surface area contributed by atoms with Crippen molar-refractivity contribution < 1.29 is 4.42 Å². The molecule has 0 saturated heterocycles. The monoisotopic (exact) mass is 699 g/mol. The van der Waals surface area contributed by atoms with Crippen LogP contribution in [0.4, 0.5) is 17.1 Å². The molecule has 0 N–H and O–H groups in total. The van der Waals surface area contributed by atoms with Gasteiger partial charge < -0.3 is 9.32 Å². The molecule has 0 amide bonds. The molecular formula is C53H33NO. The molecule has 0 atom stereocenters. The molecule has 1 heterocycles. The highest BCUT2D eigenvalue weighted by Crippen LogP contribution is 2.64. The molecule has 9 aromatic carbocycles. The second kappa shape index (κ2) is 11.4. The lowest BCUT2D eigenvalue weighted by molar-refractivity contribution is 0.669. The molecule has 0 radical (unpaired) electrons. The van der Waals surface area contributed by atoms with Gasteiger partial charge in [0, 0.05) is 33.9 Å². The number of anilines is 3. The Morgan fingerprint density at radius 3 is 1.73 bits per heavy atom. The number of benzene rings is 9. The summed E-state index contributed by atoms with van der Waals surface area (Å²) in [5, 5.41) is 4.81. The SMILES string of the molecule is c1ccc(-c2ccc(N(c3ccc4c(c3)-c3ccc5ccccc5c3C43c4ccccc4-c4ccccc43)c3ccc4c(c3)oc3ccccc34)cc2)cc1. The van der Waals surface area contributed by atoms with Gasteiger partial charge in [0.25, 0.3) is 0 Å². The molecule has 0 aliphatic heterocycles. The van der Waals surface area contributed by atoms with Crippen molar-refractivity contribution in [1.29, 1.82) is 0 Å². The van der Waals surface area contributed by atoms with Gasteiger partial charge in [0.15, 0.2) is 0 Å². The van der Waals surface area contributed by atoms with E-state index in [1.165, 1.54) is 66.4 Å². The van der Waals surface area contributed by atoms with Crippen LogP contribution < -0.4 is 4.90 Å². The van der Waals surface area contributed by atoms with Gasteiger partial charge >= 0.3 is 0 Å². The molecule has 2 nitrogen and oxygen atoms in total. The Labute approximate surface area is 319 Å². The first-order chi connectivity index (χ1) is 27.3. The Kier molecular flexibility index (Phi) is 6.29. The van der Waals surface area contributed by atoms with E-state index in [0.29, 0.717) is 0 Å². The summed E-state index contributed by atoms with van der Waals surface area (Å²) in [6.45, 7) is 0. The van der Waals surface area contributed by atoms with Crippen LogP contribution in [-0.4, -0.2) is 0 Å². The van der Waals surface area contributed by atoms with E-state index in [9.17, 15) is 0 Å². The summed E-state index contributed by atoms with van der Waals surface area (Å²) in [4.78, 5) is 2.38. The van der Waals surface area contributed by atoms with Crippen LogP contribution in [-0.2, 0) is 5.41 Å². The highest BCUT2D eigenvalue weighted by molar-refractivity contribution is 6.07. The second-order valence-corrected chi connectivity index (χ2v) is 14.8. The topological polar surface area (TPSA) is 16.4 Å². The summed E-state index contributed by atoms with van der Waals surface area (Å²) in [5.41, 5.74) is 17.5. The highest BCUT2D eigenvalue weighted by atomic mass is 16.3. The van der Waals surface area contributed by atoms with Gasteiger partial charge in [-0.05, 0) is 109 Å². The molecular weight excluding hydrogens is 667 g/mol.